The number of aryl methyl sites for hydroxylation is 1. The number of benzene rings is 1. The zero-order valence-electron chi connectivity index (χ0n) is 13.1. The summed E-state index contributed by atoms with van der Waals surface area (Å²) in [4.78, 5) is 19.1. The maximum atomic E-state index is 12.9. The van der Waals surface area contributed by atoms with Crippen LogP contribution in [0.5, 0.6) is 0 Å². The van der Waals surface area contributed by atoms with E-state index in [1.807, 2.05) is 24.3 Å². The number of furan rings is 1. The van der Waals surface area contributed by atoms with Crippen LogP contribution in [0.2, 0.25) is 0 Å². The predicted molar refractivity (Wildman–Crippen MR) is 97.8 cm³/mol. The maximum absolute atomic E-state index is 12.9. The summed E-state index contributed by atoms with van der Waals surface area (Å²) >= 11 is 4.89. The molecule has 0 aliphatic heterocycles. The first kappa shape index (κ1) is 16.0. The van der Waals surface area contributed by atoms with Gasteiger partial charge in [-0.15, -0.1) is 0 Å². The van der Waals surface area contributed by atoms with Crippen LogP contribution in [-0.4, -0.2) is 16.0 Å². The Morgan fingerprint density at radius 2 is 2.20 bits per heavy atom. The summed E-state index contributed by atoms with van der Waals surface area (Å²) < 4.78 is 12.4. The number of aromatic nitrogens is 2. The average molecular weight is 418 g/mol. The van der Waals surface area contributed by atoms with E-state index >= 15 is 0 Å². The van der Waals surface area contributed by atoms with Crippen molar-refractivity contribution in [3.63, 3.8) is 0 Å². The SMILES string of the molecule is Cc1cc(C(=O)N(Cc2ccco2)c2nc3ccc(Br)cc3s2)no1. The second-order valence-corrected chi connectivity index (χ2v) is 7.33. The third kappa shape index (κ3) is 3.22. The van der Waals surface area contributed by atoms with Crippen molar-refractivity contribution in [2.75, 3.05) is 4.90 Å². The van der Waals surface area contributed by atoms with E-state index in [2.05, 4.69) is 26.1 Å². The number of amides is 1. The number of hydrogen-bond donors (Lipinski definition) is 0. The fourth-order valence-corrected chi connectivity index (χ4v) is 3.91. The second kappa shape index (κ2) is 6.45. The highest BCUT2D eigenvalue weighted by Gasteiger charge is 2.25. The molecule has 0 radical (unpaired) electrons. The van der Waals surface area contributed by atoms with Gasteiger partial charge in [0.05, 0.1) is 23.0 Å². The van der Waals surface area contributed by atoms with Crippen LogP contribution in [-0.2, 0) is 6.54 Å². The highest BCUT2D eigenvalue weighted by atomic mass is 79.9. The van der Waals surface area contributed by atoms with Gasteiger partial charge in [-0.2, -0.15) is 0 Å². The Balaban J connectivity index is 1.76. The van der Waals surface area contributed by atoms with Crippen molar-refractivity contribution in [3.05, 3.63) is 64.3 Å². The molecule has 0 N–H and O–H groups in total. The van der Waals surface area contributed by atoms with Gasteiger partial charge in [-0.25, -0.2) is 4.98 Å². The molecule has 4 rings (SSSR count). The lowest BCUT2D eigenvalue weighted by atomic mass is 10.3. The summed E-state index contributed by atoms with van der Waals surface area (Å²) in [7, 11) is 0. The van der Waals surface area contributed by atoms with E-state index in [1.165, 1.54) is 11.3 Å². The van der Waals surface area contributed by atoms with Crippen LogP contribution in [0.3, 0.4) is 0 Å². The summed E-state index contributed by atoms with van der Waals surface area (Å²) in [6.07, 6.45) is 1.58. The standard InChI is InChI=1S/C17H12BrN3O3S/c1-10-7-14(20-24-10)16(22)21(9-12-3-2-6-23-12)17-19-13-5-4-11(18)8-15(13)25-17/h2-8H,9H2,1H3. The van der Waals surface area contributed by atoms with Gasteiger partial charge in [0.25, 0.3) is 5.91 Å². The van der Waals surface area contributed by atoms with E-state index in [0.29, 0.717) is 16.7 Å². The van der Waals surface area contributed by atoms with Gasteiger partial charge in [-0.1, -0.05) is 32.4 Å². The summed E-state index contributed by atoms with van der Waals surface area (Å²) in [5.74, 6) is 0.954. The first-order valence-corrected chi connectivity index (χ1v) is 9.05. The normalized spacial score (nSPS) is 11.1. The first-order chi connectivity index (χ1) is 12.1. The Morgan fingerprint density at radius 1 is 1.32 bits per heavy atom. The molecule has 1 amide bonds. The van der Waals surface area contributed by atoms with Crippen LogP contribution >= 0.6 is 27.3 Å². The summed E-state index contributed by atoms with van der Waals surface area (Å²) in [6.45, 7) is 2.01. The number of thiazole rings is 1. The molecule has 0 aliphatic carbocycles. The predicted octanol–water partition coefficient (Wildman–Crippen LogP) is 4.80. The molecule has 4 aromatic rings. The maximum Gasteiger partial charge on any atom is 0.282 e. The van der Waals surface area contributed by atoms with Crippen molar-refractivity contribution in [3.8, 4) is 0 Å². The summed E-state index contributed by atoms with van der Waals surface area (Å²) in [6, 6.07) is 11.0. The lowest BCUT2D eigenvalue weighted by Gasteiger charge is -2.17. The van der Waals surface area contributed by atoms with Gasteiger partial charge in [0.2, 0.25) is 0 Å². The highest BCUT2D eigenvalue weighted by Crippen LogP contribution is 2.32. The lowest BCUT2D eigenvalue weighted by Crippen LogP contribution is -2.30. The molecule has 3 heterocycles. The van der Waals surface area contributed by atoms with E-state index in [0.717, 1.165) is 14.7 Å². The molecule has 8 heteroatoms. The molecule has 126 valence electrons. The summed E-state index contributed by atoms with van der Waals surface area (Å²) in [5.41, 5.74) is 1.07. The Hall–Kier alpha value is -2.45. The van der Waals surface area contributed by atoms with Crippen molar-refractivity contribution >= 4 is 48.5 Å². The summed E-state index contributed by atoms with van der Waals surface area (Å²) in [5, 5.41) is 4.41. The van der Waals surface area contributed by atoms with Gasteiger partial charge in [0, 0.05) is 10.5 Å². The Labute approximate surface area is 155 Å². The van der Waals surface area contributed by atoms with Crippen molar-refractivity contribution in [1.29, 1.82) is 0 Å². The van der Waals surface area contributed by atoms with Crippen molar-refractivity contribution < 1.29 is 13.7 Å². The van der Waals surface area contributed by atoms with Crippen LogP contribution in [0.4, 0.5) is 5.13 Å². The van der Waals surface area contributed by atoms with Crippen LogP contribution in [0.25, 0.3) is 10.2 Å². The quantitative estimate of drug-likeness (QED) is 0.476. The zero-order chi connectivity index (χ0) is 17.4. The number of rotatable bonds is 4. The minimum Gasteiger partial charge on any atom is -0.467 e. The number of nitrogens with zero attached hydrogens (tertiary/aromatic N) is 3. The highest BCUT2D eigenvalue weighted by molar-refractivity contribution is 9.10. The Bertz CT molecular complexity index is 1040. The average Bonchev–Trinajstić information content (AvgIpc) is 3.31. The Morgan fingerprint density at radius 3 is 2.92 bits per heavy atom. The van der Waals surface area contributed by atoms with Crippen molar-refractivity contribution in [2.45, 2.75) is 13.5 Å². The number of anilines is 1. The molecule has 0 aliphatic rings. The third-order valence-electron chi connectivity index (χ3n) is 3.56. The van der Waals surface area contributed by atoms with E-state index in [-0.39, 0.29) is 18.1 Å². The molecular weight excluding hydrogens is 406 g/mol. The second-order valence-electron chi connectivity index (χ2n) is 5.40. The number of carbonyl (C=O) groups excluding carboxylic acids is 1. The molecule has 0 saturated carbocycles. The monoisotopic (exact) mass is 417 g/mol. The largest absolute Gasteiger partial charge is 0.467 e. The Kier molecular flexibility index (Phi) is 4.14. The van der Waals surface area contributed by atoms with Gasteiger partial charge < -0.3 is 8.94 Å². The molecule has 1 aromatic carbocycles. The smallest absolute Gasteiger partial charge is 0.282 e. The molecule has 0 bridgehead atoms. The third-order valence-corrected chi connectivity index (χ3v) is 5.09. The lowest BCUT2D eigenvalue weighted by molar-refractivity contribution is 0.0974. The minimum atomic E-state index is -0.286. The van der Waals surface area contributed by atoms with E-state index in [4.69, 9.17) is 8.94 Å². The zero-order valence-corrected chi connectivity index (χ0v) is 15.5. The van der Waals surface area contributed by atoms with Gasteiger partial charge in [0.15, 0.2) is 10.8 Å². The fraction of sp³-hybridized carbons (Fsp3) is 0.118. The van der Waals surface area contributed by atoms with Crippen LogP contribution in [0, 0.1) is 6.92 Å². The molecule has 0 unspecified atom stereocenters. The topological polar surface area (TPSA) is 72.4 Å². The molecule has 0 spiro atoms. The number of carbonyl (C=O) groups is 1. The molecule has 3 aromatic heterocycles. The number of fused-ring (bicyclic) bond motifs is 1. The van der Waals surface area contributed by atoms with Crippen molar-refractivity contribution in [1.82, 2.24) is 10.1 Å². The van der Waals surface area contributed by atoms with Crippen LogP contribution in [0.1, 0.15) is 22.0 Å². The molecule has 0 saturated heterocycles. The fourth-order valence-electron chi connectivity index (χ4n) is 2.39. The van der Waals surface area contributed by atoms with E-state index in [9.17, 15) is 4.79 Å². The van der Waals surface area contributed by atoms with Crippen LogP contribution in [0.15, 0.2) is 56.1 Å². The van der Waals surface area contributed by atoms with E-state index < -0.39 is 0 Å². The minimum absolute atomic E-state index is 0.240. The van der Waals surface area contributed by atoms with Gasteiger partial charge >= 0.3 is 0 Å². The molecule has 25 heavy (non-hydrogen) atoms. The molecule has 0 atom stereocenters. The molecular formula is C17H12BrN3O3S. The number of hydrogen-bond acceptors (Lipinski definition) is 6. The molecule has 6 nitrogen and oxygen atoms in total. The first-order valence-electron chi connectivity index (χ1n) is 7.44. The van der Waals surface area contributed by atoms with E-state index in [1.54, 1.807) is 30.2 Å². The van der Waals surface area contributed by atoms with Gasteiger partial charge in [0.1, 0.15) is 11.5 Å². The molecule has 0 fully saturated rings. The van der Waals surface area contributed by atoms with Crippen LogP contribution < -0.4 is 4.90 Å². The van der Waals surface area contributed by atoms with Crippen molar-refractivity contribution in [2.24, 2.45) is 0 Å². The van der Waals surface area contributed by atoms with Gasteiger partial charge in [-0.3, -0.25) is 9.69 Å². The van der Waals surface area contributed by atoms with Gasteiger partial charge in [-0.05, 0) is 37.3 Å². The number of halogens is 1.